The maximum atomic E-state index is 11.7. The third kappa shape index (κ3) is 4.60. The first-order chi connectivity index (χ1) is 11.4. The van der Waals surface area contributed by atoms with Gasteiger partial charge in [0.2, 0.25) is 0 Å². The molecule has 126 valence electrons. The zero-order valence-electron chi connectivity index (χ0n) is 13.1. The average Bonchev–Trinajstić information content (AvgIpc) is 2.78. The molecule has 0 aliphatic heterocycles. The molecule has 0 bridgehead atoms. The Balaban J connectivity index is 1.85. The van der Waals surface area contributed by atoms with E-state index < -0.39 is 18.5 Å². The summed E-state index contributed by atoms with van der Waals surface area (Å²) in [5, 5.41) is 16.2. The Morgan fingerprint density at radius 3 is 2.62 bits per heavy atom. The molecule has 7 nitrogen and oxygen atoms in total. The molecule has 0 spiro atoms. The predicted octanol–water partition coefficient (Wildman–Crippen LogP) is 2.28. The molecule has 0 aliphatic rings. The zero-order valence-corrected chi connectivity index (χ0v) is 13.9. The van der Waals surface area contributed by atoms with Crippen molar-refractivity contribution in [2.24, 2.45) is 7.05 Å². The van der Waals surface area contributed by atoms with Crippen LogP contribution in [0.25, 0.3) is 6.08 Å². The van der Waals surface area contributed by atoms with Gasteiger partial charge in [-0.1, -0.05) is 11.6 Å². The second kappa shape index (κ2) is 7.65. The van der Waals surface area contributed by atoms with Crippen LogP contribution in [0.5, 0.6) is 5.75 Å². The van der Waals surface area contributed by atoms with Crippen LogP contribution >= 0.6 is 11.6 Å². The molecule has 2 rings (SSSR count). The van der Waals surface area contributed by atoms with Gasteiger partial charge in [-0.3, -0.25) is 9.48 Å². The summed E-state index contributed by atoms with van der Waals surface area (Å²) in [6.45, 7) is 1.34. The highest BCUT2D eigenvalue weighted by molar-refractivity contribution is 6.31. The molecule has 1 aromatic heterocycles. The summed E-state index contributed by atoms with van der Waals surface area (Å²) >= 11 is 6.04. The van der Waals surface area contributed by atoms with E-state index in [1.807, 2.05) is 0 Å². The zero-order chi connectivity index (χ0) is 17.7. The van der Waals surface area contributed by atoms with Gasteiger partial charge in [0.1, 0.15) is 10.9 Å². The fourth-order valence-electron chi connectivity index (χ4n) is 1.91. The maximum absolute atomic E-state index is 11.7. The first-order valence-corrected chi connectivity index (χ1v) is 7.37. The van der Waals surface area contributed by atoms with Gasteiger partial charge in [-0.15, -0.1) is 0 Å². The first-order valence-electron chi connectivity index (χ1n) is 6.99. The maximum Gasteiger partial charge on any atom is 0.331 e. The fraction of sp³-hybridized carbons (Fsp3) is 0.188. The smallest absolute Gasteiger partial charge is 0.331 e. The Morgan fingerprint density at radius 1 is 1.38 bits per heavy atom. The molecule has 1 heterocycles. The van der Waals surface area contributed by atoms with Gasteiger partial charge in [0.15, 0.2) is 6.61 Å². The summed E-state index contributed by atoms with van der Waals surface area (Å²) in [4.78, 5) is 23.3. The molecular formula is C16H16ClN3O4. The number of anilines is 1. The Kier molecular flexibility index (Phi) is 5.59. The normalized spacial score (nSPS) is 10.8. The Hall–Kier alpha value is -2.80. The van der Waals surface area contributed by atoms with Crippen LogP contribution in [0.1, 0.15) is 11.3 Å². The van der Waals surface area contributed by atoms with E-state index in [9.17, 15) is 9.59 Å². The molecule has 1 amide bonds. The number of ether oxygens (including phenoxy) is 1. The van der Waals surface area contributed by atoms with Crippen molar-refractivity contribution in [2.75, 3.05) is 11.9 Å². The van der Waals surface area contributed by atoms with Gasteiger partial charge in [0, 0.05) is 24.4 Å². The van der Waals surface area contributed by atoms with Crippen LogP contribution in [0.15, 0.2) is 30.3 Å². The number of esters is 1. The van der Waals surface area contributed by atoms with Crippen molar-refractivity contribution < 1.29 is 19.4 Å². The van der Waals surface area contributed by atoms with Crippen LogP contribution in [0.4, 0.5) is 5.69 Å². The number of carbonyl (C=O) groups excluding carboxylic acids is 2. The number of hydrogen-bond donors (Lipinski definition) is 2. The number of nitrogens with one attached hydrogen (secondary N) is 1. The van der Waals surface area contributed by atoms with E-state index in [-0.39, 0.29) is 5.75 Å². The van der Waals surface area contributed by atoms with E-state index in [4.69, 9.17) is 21.4 Å². The average molecular weight is 350 g/mol. The monoisotopic (exact) mass is 349 g/mol. The summed E-state index contributed by atoms with van der Waals surface area (Å²) in [7, 11) is 1.69. The molecular weight excluding hydrogens is 334 g/mol. The summed E-state index contributed by atoms with van der Waals surface area (Å²) in [5.74, 6) is -1.07. The van der Waals surface area contributed by atoms with Gasteiger partial charge in [-0.25, -0.2) is 4.79 Å². The molecule has 24 heavy (non-hydrogen) atoms. The quantitative estimate of drug-likeness (QED) is 0.490. The topological polar surface area (TPSA) is 93.5 Å². The van der Waals surface area contributed by atoms with Gasteiger partial charge in [-0.2, -0.15) is 5.10 Å². The first kappa shape index (κ1) is 17.6. The number of phenols is 1. The highest BCUT2D eigenvalue weighted by Gasteiger charge is 2.10. The van der Waals surface area contributed by atoms with Crippen LogP contribution in [0.2, 0.25) is 5.15 Å². The molecule has 0 aliphatic carbocycles. The number of hydrogen-bond acceptors (Lipinski definition) is 5. The number of carbonyl (C=O) groups is 2. The fourth-order valence-corrected chi connectivity index (χ4v) is 2.15. The second-order valence-electron chi connectivity index (χ2n) is 4.95. The number of halogens is 1. The van der Waals surface area contributed by atoms with E-state index in [2.05, 4.69) is 10.4 Å². The number of nitrogens with zero attached hydrogens (tertiary/aromatic N) is 2. The van der Waals surface area contributed by atoms with Gasteiger partial charge < -0.3 is 15.2 Å². The number of aromatic nitrogens is 2. The lowest BCUT2D eigenvalue weighted by Gasteiger charge is -2.05. The lowest BCUT2D eigenvalue weighted by atomic mass is 10.2. The third-order valence-corrected chi connectivity index (χ3v) is 3.53. The lowest BCUT2D eigenvalue weighted by molar-refractivity contribution is -0.142. The molecule has 1 aromatic carbocycles. The summed E-state index contributed by atoms with van der Waals surface area (Å²) in [6, 6.07) is 5.93. The van der Waals surface area contributed by atoms with Crippen LogP contribution in [-0.2, 0) is 21.4 Å². The van der Waals surface area contributed by atoms with Crippen molar-refractivity contribution in [1.82, 2.24) is 9.78 Å². The summed E-state index contributed by atoms with van der Waals surface area (Å²) in [6.07, 6.45) is 2.68. The number of amides is 1. The molecule has 0 atom stereocenters. The largest absolute Gasteiger partial charge is 0.508 e. The number of aromatic hydroxyl groups is 1. The molecule has 0 unspecified atom stereocenters. The molecule has 0 saturated heterocycles. The van der Waals surface area contributed by atoms with Crippen LogP contribution in [-0.4, -0.2) is 33.4 Å². The lowest BCUT2D eigenvalue weighted by Crippen LogP contribution is -2.20. The van der Waals surface area contributed by atoms with Gasteiger partial charge in [-0.05, 0) is 37.3 Å². The predicted molar refractivity (Wildman–Crippen MR) is 89.7 cm³/mol. The van der Waals surface area contributed by atoms with Crippen molar-refractivity contribution in [3.05, 3.63) is 46.8 Å². The molecule has 0 saturated carbocycles. The van der Waals surface area contributed by atoms with Gasteiger partial charge in [0.05, 0.1) is 5.69 Å². The number of rotatable bonds is 5. The van der Waals surface area contributed by atoms with E-state index in [1.54, 1.807) is 14.0 Å². The molecule has 0 fully saturated rings. The van der Waals surface area contributed by atoms with E-state index in [0.29, 0.717) is 22.1 Å². The Morgan fingerprint density at radius 2 is 2.04 bits per heavy atom. The van der Waals surface area contributed by atoms with Crippen LogP contribution in [0.3, 0.4) is 0 Å². The highest BCUT2D eigenvalue weighted by atomic mass is 35.5. The highest BCUT2D eigenvalue weighted by Crippen LogP contribution is 2.20. The number of phenolic OH excluding ortho intramolecular Hbond substituents is 1. The van der Waals surface area contributed by atoms with Crippen LogP contribution in [0, 0.1) is 6.92 Å². The third-order valence-electron chi connectivity index (χ3n) is 3.08. The number of aryl methyl sites for hydroxylation is 2. The molecule has 2 N–H and O–H groups in total. The van der Waals surface area contributed by atoms with Crippen LogP contribution < -0.4 is 5.32 Å². The minimum Gasteiger partial charge on any atom is -0.508 e. The van der Waals surface area contributed by atoms with Crippen molar-refractivity contribution in [3.8, 4) is 5.75 Å². The summed E-state index contributed by atoms with van der Waals surface area (Å²) in [5.41, 5.74) is 1.78. The Bertz CT molecular complexity index is 781. The Labute approximate surface area is 143 Å². The van der Waals surface area contributed by atoms with Crippen molar-refractivity contribution in [3.63, 3.8) is 0 Å². The minimum absolute atomic E-state index is 0.0916. The van der Waals surface area contributed by atoms with Crippen molar-refractivity contribution in [1.29, 1.82) is 0 Å². The standard InChI is InChI=1S/C16H16ClN3O4/c1-10-13(16(17)20(2)19-10)7-8-15(23)24-9-14(22)18-11-3-5-12(21)6-4-11/h3-8,21H,9H2,1-2H3,(H,18,22)/b8-7+. The SMILES string of the molecule is Cc1nn(C)c(Cl)c1/C=C/C(=O)OCC(=O)Nc1ccc(O)cc1. The van der Waals surface area contributed by atoms with E-state index in [0.717, 1.165) is 0 Å². The van der Waals surface area contributed by atoms with Crippen molar-refractivity contribution >= 4 is 35.2 Å². The van der Waals surface area contributed by atoms with E-state index in [1.165, 1.54) is 41.1 Å². The minimum atomic E-state index is -0.671. The molecule has 2 aromatic rings. The molecule has 8 heteroatoms. The second-order valence-corrected chi connectivity index (χ2v) is 5.31. The van der Waals surface area contributed by atoms with Gasteiger partial charge >= 0.3 is 5.97 Å². The number of benzene rings is 1. The van der Waals surface area contributed by atoms with Gasteiger partial charge in [0.25, 0.3) is 5.91 Å². The van der Waals surface area contributed by atoms with E-state index >= 15 is 0 Å². The summed E-state index contributed by atoms with van der Waals surface area (Å²) < 4.78 is 6.34. The van der Waals surface area contributed by atoms with Crippen molar-refractivity contribution in [2.45, 2.75) is 6.92 Å². The molecule has 0 radical (unpaired) electrons.